The third-order valence-electron chi connectivity index (χ3n) is 4.43. The summed E-state index contributed by atoms with van der Waals surface area (Å²) in [4.78, 5) is 19.0. The van der Waals surface area contributed by atoms with Crippen molar-refractivity contribution in [3.8, 4) is 0 Å². The standard InChI is InChI=1S/C18H14F3N3OS/c19-18(20,21)12-7-5-11(6-8-12)9-23-24-10-22-16-15(17(24)25)13-3-1-2-4-14(13)26-16/h5-10H,1-4H2/b23-9+. The van der Waals surface area contributed by atoms with Crippen molar-refractivity contribution in [3.05, 3.63) is 62.5 Å². The quantitative estimate of drug-likeness (QED) is 0.627. The second-order valence-electron chi connectivity index (χ2n) is 6.15. The largest absolute Gasteiger partial charge is 0.416 e. The second kappa shape index (κ2) is 6.35. The van der Waals surface area contributed by atoms with Gasteiger partial charge in [-0.1, -0.05) is 12.1 Å². The van der Waals surface area contributed by atoms with Crippen LogP contribution < -0.4 is 5.56 Å². The Bertz CT molecular complexity index is 1050. The molecule has 0 saturated carbocycles. The molecule has 0 unspecified atom stereocenters. The number of fused-ring (bicyclic) bond motifs is 3. The third kappa shape index (κ3) is 3.05. The number of hydrogen-bond donors (Lipinski definition) is 0. The smallest absolute Gasteiger partial charge is 0.267 e. The Morgan fingerprint density at radius 1 is 1.15 bits per heavy atom. The molecule has 1 aliphatic rings. The summed E-state index contributed by atoms with van der Waals surface area (Å²) in [6, 6.07) is 4.60. The zero-order chi connectivity index (χ0) is 18.3. The van der Waals surface area contributed by atoms with E-state index < -0.39 is 11.7 Å². The van der Waals surface area contributed by atoms with E-state index >= 15 is 0 Å². The Labute approximate surface area is 150 Å². The van der Waals surface area contributed by atoms with Crippen LogP contribution in [0.4, 0.5) is 13.2 Å². The van der Waals surface area contributed by atoms with Gasteiger partial charge in [-0.2, -0.15) is 22.9 Å². The highest BCUT2D eigenvalue weighted by atomic mass is 32.1. The van der Waals surface area contributed by atoms with E-state index in [1.165, 1.54) is 29.6 Å². The van der Waals surface area contributed by atoms with E-state index in [0.29, 0.717) is 10.9 Å². The van der Waals surface area contributed by atoms with Gasteiger partial charge < -0.3 is 0 Å². The molecule has 1 aliphatic carbocycles. The molecule has 1 aromatic carbocycles. The fraction of sp³-hybridized carbons (Fsp3) is 0.278. The summed E-state index contributed by atoms with van der Waals surface area (Å²) in [5.41, 5.74) is 0.586. The number of alkyl halides is 3. The number of hydrogen-bond acceptors (Lipinski definition) is 4. The summed E-state index contributed by atoms with van der Waals surface area (Å²) >= 11 is 1.56. The van der Waals surface area contributed by atoms with Gasteiger partial charge in [-0.15, -0.1) is 11.3 Å². The monoisotopic (exact) mass is 377 g/mol. The molecule has 4 rings (SSSR count). The van der Waals surface area contributed by atoms with Crippen molar-refractivity contribution in [2.45, 2.75) is 31.9 Å². The predicted molar refractivity (Wildman–Crippen MR) is 95.0 cm³/mol. The fourth-order valence-corrected chi connectivity index (χ4v) is 4.33. The normalized spacial score (nSPS) is 14.9. The average molecular weight is 377 g/mol. The molecule has 2 heterocycles. The Hall–Kier alpha value is -2.48. The lowest BCUT2D eigenvalue weighted by atomic mass is 9.97. The van der Waals surface area contributed by atoms with Gasteiger partial charge in [0, 0.05) is 4.88 Å². The van der Waals surface area contributed by atoms with E-state index in [9.17, 15) is 18.0 Å². The lowest BCUT2D eigenvalue weighted by Crippen LogP contribution is -2.18. The maximum atomic E-state index is 12.7. The van der Waals surface area contributed by atoms with Crippen molar-refractivity contribution in [1.82, 2.24) is 9.66 Å². The minimum Gasteiger partial charge on any atom is -0.267 e. The second-order valence-corrected chi connectivity index (χ2v) is 7.23. The number of nitrogens with zero attached hydrogens (tertiary/aromatic N) is 3. The molecular formula is C18H14F3N3OS. The molecular weight excluding hydrogens is 363 g/mol. The first-order chi connectivity index (χ1) is 12.4. The highest BCUT2D eigenvalue weighted by Crippen LogP contribution is 2.33. The highest BCUT2D eigenvalue weighted by molar-refractivity contribution is 7.18. The van der Waals surface area contributed by atoms with Crippen LogP contribution in [0.1, 0.15) is 34.4 Å². The number of benzene rings is 1. The van der Waals surface area contributed by atoms with Gasteiger partial charge in [0.25, 0.3) is 5.56 Å². The van der Waals surface area contributed by atoms with Crippen LogP contribution in [0.2, 0.25) is 0 Å². The number of thiophene rings is 1. The fourth-order valence-electron chi connectivity index (χ4n) is 3.11. The van der Waals surface area contributed by atoms with Crippen LogP contribution in [-0.4, -0.2) is 15.9 Å². The van der Waals surface area contributed by atoms with E-state index in [4.69, 9.17) is 0 Å². The number of aromatic nitrogens is 2. The van der Waals surface area contributed by atoms with Crippen LogP contribution >= 0.6 is 11.3 Å². The average Bonchev–Trinajstić information content (AvgIpc) is 3.00. The Kier molecular flexibility index (Phi) is 4.14. The van der Waals surface area contributed by atoms with Crippen LogP contribution in [-0.2, 0) is 19.0 Å². The summed E-state index contributed by atoms with van der Waals surface area (Å²) in [5, 5.41) is 4.71. The number of rotatable bonds is 2. The molecule has 4 nitrogen and oxygen atoms in total. The van der Waals surface area contributed by atoms with Gasteiger partial charge in [-0.3, -0.25) is 4.79 Å². The molecule has 0 amide bonds. The number of halogens is 3. The minimum atomic E-state index is -4.38. The summed E-state index contributed by atoms with van der Waals surface area (Å²) < 4.78 is 38.9. The summed E-state index contributed by atoms with van der Waals surface area (Å²) in [5.74, 6) is 0. The SMILES string of the molecule is O=c1c2c3c(sc2ncn1/N=C/c1ccc(C(F)(F)F)cc1)CCCC3. The predicted octanol–water partition coefficient (Wildman–Crippen LogP) is 4.24. The van der Waals surface area contributed by atoms with Crippen LogP contribution in [0.3, 0.4) is 0 Å². The molecule has 0 radical (unpaired) electrons. The highest BCUT2D eigenvalue weighted by Gasteiger charge is 2.29. The molecule has 0 bridgehead atoms. The van der Waals surface area contributed by atoms with E-state index in [1.54, 1.807) is 11.3 Å². The Balaban J connectivity index is 1.68. The lowest BCUT2D eigenvalue weighted by Gasteiger charge is -2.09. The van der Waals surface area contributed by atoms with Crippen LogP contribution in [0.25, 0.3) is 10.2 Å². The van der Waals surface area contributed by atoms with E-state index in [2.05, 4.69) is 10.1 Å². The topological polar surface area (TPSA) is 47.2 Å². The molecule has 0 saturated heterocycles. The van der Waals surface area contributed by atoms with Crippen molar-refractivity contribution >= 4 is 27.8 Å². The minimum absolute atomic E-state index is 0.238. The van der Waals surface area contributed by atoms with E-state index in [0.717, 1.165) is 52.9 Å². The van der Waals surface area contributed by atoms with Crippen molar-refractivity contribution in [2.24, 2.45) is 5.10 Å². The van der Waals surface area contributed by atoms with Crippen molar-refractivity contribution in [1.29, 1.82) is 0 Å². The molecule has 8 heteroatoms. The van der Waals surface area contributed by atoms with Gasteiger partial charge in [-0.05, 0) is 48.9 Å². The summed E-state index contributed by atoms with van der Waals surface area (Å²) in [6.07, 6.45) is 2.37. The van der Waals surface area contributed by atoms with Crippen LogP contribution in [0.5, 0.6) is 0 Å². The molecule has 0 fully saturated rings. The van der Waals surface area contributed by atoms with Crippen LogP contribution in [0, 0.1) is 0 Å². The van der Waals surface area contributed by atoms with Crippen molar-refractivity contribution in [3.63, 3.8) is 0 Å². The van der Waals surface area contributed by atoms with Gasteiger partial charge in [-0.25, -0.2) is 4.98 Å². The Morgan fingerprint density at radius 2 is 1.88 bits per heavy atom. The molecule has 0 spiro atoms. The maximum Gasteiger partial charge on any atom is 0.416 e. The van der Waals surface area contributed by atoms with Gasteiger partial charge in [0.2, 0.25) is 0 Å². The van der Waals surface area contributed by atoms with Crippen molar-refractivity contribution < 1.29 is 13.2 Å². The summed E-state index contributed by atoms with van der Waals surface area (Å²) in [6.45, 7) is 0. The van der Waals surface area contributed by atoms with Gasteiger partial charge in [0.1, 0.15) is 11.2 Å². The maximum absolute atomic E-state index is 12.7. The van der Waals surface area contributed by atoms with Crippen LogP contribution in [0.15, 0.2) is 40.5 Å². The molecule has 2 aromatic heterocycles. The number of aryl methyl sites for hydroxylation is 2. The molecule has 3 aromatic rings. The first-order valence-electron chi connectivity index (χ1n) is 8.17. The van der Waals surface area contributed by atoms with Gasteiger partial charge >= 0.3 is 6.18 Å². The van der Waals surface area contributed by atoms with E-state index in [-0.39, 0.29) is 5.56 Å². The molecule has 0 aliphatic heterocycles. The third-order valence-corrected chi connectivity index (χ3v) is 5.63. The zero-order valence-corrected chi connectivity index (χ0v) is 14.4. The lowest BCUT2D eigenvalue weighted by molar-refractivity contribution is -0.137. The molecule has 134 valence electrons. The first-order valence-corrected chi connectivity index (χ1v) is 8.98. The summed E-state index contributed by atoms with van der Waals surface area (Å²) in [7, 11) is 0. The van der Waals surface area contributed by atoms with E-state index in [1.807, 2.05) is 0 Å². The van der Waals surface area contributed by atoms with Gasteiger partial charge in [0.15, 0.2) is 0 Å². The first kappa shape index (κ1) is 17.0. The van der Waals surface area contributed by atoms with Gasteiger partial charge in [0.05, 0.1) is 17.2 Å². The molecule has 0 N–H and O–H groups in total. The molecule has 26 heavy (non-hydrogen) atoms. The van der Waals surface area contributed by atoms with Crippen molar-refractivity contribution in [2.75, 3.05) is 0 Å². The Morgan fingerprint density at radius 3 is 2.62 bits per heavy atom. The molecule has 0 atom stereocenters. The zero-order valence-electron chi connectivity index (χ0n) is 13.6.